The highest BCUT2D eigenvalue weighted by atomic mass is 16.3. The summed E-state index contributed by atoms with van der Waals surface area (Å²) in [6.07, 6.45) is 3.70. The molecule has 3 rings (SSSR count). The third-order valence-corrected chi connectivity index (χ3v) is 4.08. The SMILES string of the molecule is O=C(CNC(=O)c1ccoc1)NC1CCN(Cc2ccccc2)C1. The van der Waals surface area contributed by atoms with Crippen molar-refractivity contribution in [1.29, 1.82) is 0 Å². The van der Waals surface area contributed by atoms with Crippen molar-refractivity contribution in [3.8, 4) is 0 Å². The number of nitrogens with zero attached hydrogens (tertiary/aromatic N) is 1. The minimum atomic E-state index is -0.309. The number of nitrogens with one attached hydrogen (secondary N) is 2. The molecule has 0 radical (unpaired) electrons. The van der Waals surface area contributed by atoms with Crippen LogP contribution in [0.5, 0.6) is 0 Å². The number of hydrogen-bond acceptors (Lipinski definition) is 4. The van der Waals surface area contributed by atoms with E-state index in [0.717, 1.165) is 26.1 Å². The van der Waals surface area contributed by atoms with Crippen LogP contribution in [0.1, 0.15) is 22.3 Å². The van der Waals surface area contributed by atoms with Gasteiger partial charge in [0.05, 0.1) is 18.4 Å². The molecular formula is C18H21N3O3. The highest BCUT2D eigenvalue weighted by Crippen LogP contribution is 2.13. The smallest absolute Gasteiger partial charge is 0.254 e. The van der Waals surface area contributed by atoms with Crippen molar-refractivity contribution in [2.24, 2.45) is 0 Å². The Balaban J connectivity index is 1.39. The van der Waals surface area contributed by atoms with Crippen molar-refractivity contribution < 1.29 is 14.0 Å². The van der Waals surface area contributed by atoms with Crippen LogP contribution in [0.25, 0.3) is 0 Å². The summed E-state index contributed by atoms with van der Waals surface area (Å²) in [5.74, 6) is -0.477. The summed E-state index contributed by atoms with van der Waals surface area (Å²) >= 11 is 0. The summed E-state index contributed by atoms with van der Waals surface area (Å²) in [4.78, 5) is 26.0. The van der Waals surface area contributed by atoms with Crippen molar-refractivity contribution >= 4 is 11.8 Å². The summed E-state index contributed by atoms with van der Waals surface area (Å²) in [5, 5.41) is 5.56. The van der Waals surface area contributed by atoms with Crippen LogP contribution in [0.15, 0.2) is 53.3 Å². The Kier molecular flexibility index (Phi) is 5.28. The fraction of sp³-hybridized carbons (Fsp3) is 0.333. The first-order valence-electron chi connectivity index (χ1n) is 8.07. The Morgan fingerprint density at radius 2 is 2.04 bits per heavy atom. The molecule has 1 aliphatic rings. The lowest BCUT2D eigenvalue weighted by molar-refractivity contribution is -0.120. The lowest BCUT2D eigenvalue weighted by Gasteiger charge is -2.17. The standard InChI is InChI=1S/C18H21N3O3/c22-17(10-19-18(23)15-7-9-24-13-15)20-16-6-8-21(12-16)11-14-4-2-1-3-5-14/h1-5,7,9,13,16H,6,8,10-12H2,(H,19,23)(H,20,22). The first-order chi connectivity index (χ1) is 11.7. The second kappa shape index (κ2) is 7.79. The first kappa shape index (κ1) is 16.3. The van der Waals surface area contributed by atoms with E-state index in [2.05, 4.69) is 27.7 Å². The van der Waals surface area contributed by atoms with E-state index in [-0.39, 0.29) is 24.4 Å². The second-order valence-corrected chi connectivity index (χ2v) is 5.97. The molecular weight excluding hydrogens is 306 g/mol. The molecule has 126 valence electrons. The molecule has 0 bridgehead atoms. The molecule has 2 aromatic rings. The van der Waals surface area contributed by atoms with E-state index < -0.39 is 0 Å². The van der Waals surface area contributed by atoms with Crippen LogP contribution in [-0.2, 0) is 11.3 Å². The Bertz CT molecular complexity index is 670. The maximum Gasteiger partial charge on any atom is 0.254 e. The molecule has 1 saturated heterocycles. The maximum atomic E-state index is 12.0. The molecule has 1 unspecified atom stereocenters. The van der Waals surface area contributed by atoms with Gasteiger partial charge in [0.15, 0.2) is 0 Å². The number of hydrogen-bond donors (Lipinski definition) is 2. The van der Waals surface area contributed by atoms with Crippen LogP contribution in [-0.4, -0.2) is 42.4 Å². The van der Waals surface area contributed by atoms with Gasteiger partial charge in [-0.3, -0.25) is 14.5 Å². The monoisotopic (exact) mass is 327 g/mol. The van der Waals surface area contributed by atoms with Gasteiger partial charge in [-0.05, 0) is 18.1 Å². The second-order valence-electron chi connectivity index (χ2n) is 5.97. The van der Waals surface area contributed by atoms with Crippen LogP contribution >= 0.6 is 0 Å². The van der Waals surface area contributed by atoms with Gasteiger partial charge in [-0.25, -0.2) is 0 Å². The fourth-order valence-electron chi connectivity index (χ4n) is 2.87. The summed E-state index contributed by atoms with van der Waals surface area (Å²) in [6.45, 7) is 2.65. The predicted molar refractivity (Wildman–Crippen MR) is 89.3 cm³/mol. The third-order valence-electron chi connectivity index (χ3n) is 4.08. The number of rotatable bonds is 6. The van der Waals surface area contributed by atoms with Gasteiger partial charge >= 0.3 is 0 Å². The van der Waals surface area contributed by atoms with E-state index in [1.54, 1.807) is 6.07 Å². The summed E-state index contributed by atoms with van der Waals surface area (Å²) in [5.41, 5.74) is 1.69. The van der Waals surface area contributed by atoms with Crippen molar-refractivity contribution in [1.82, 2.24) is 15.5 Å². The third kappa shape index (κ3) is 4.45. The van der Waals surface area contributed by atoms with E-state index in [0.29, 0.717) is 5.56 Å². The van der Waals surface area contributed by atoms with Crippen LogP contribution in [0, 0.1) is 0 Å². The number of likely N-dealkylation sites (tertiary alicyclic amines) is 1. The van der Waals surface area contributed by atoms with Gasteiger partial charge in [0.1, 0.15) is 6.26 Å². The van der Waals surface area contributed by atoms with E-state index in [1.807, 2.05) is 18.2 Å². The maximum absolute atomic E-state index is 12.0. The molecule has 0 spiro atoms. The molecule has 1 atom stereocenters. The number of furan rings is 1. The number of amides is 2. The van der Waals surface area contributed by atoms with Gasteiger partial charge in [-0.1, -0.05) is 30.3 Å². The molecule has 24 heavy (non-hydrogen) atoms. The largest absolute Gasteiger partial charge is 0.472 e. The molecule has 2 amide bonds. The van der Waals surface area contributed by atoms with Crippen LogP contribution in [0.2, 0.25) is 0 Å². The average Bonchev–Trinajstić information content (AvgIpc) is 3.26. The van der Waals surface area contributed by atoms with Crippen molar-refractivity contribution in [2.75, 3.05) is 19.6 Å². The number of carbonyl (C=O) groups excluding carboxylic acids is 2. The van der Waals surface area contributed by atoms with Crippen LogP contribution in [0.3, 0.4) is 0 Å². The van der Waals surface area contributed by atoms with Crippen molar-refractivity contribution in [2.45, 2.75) is 19.0 Å². The molecule has 2 heterocycles. The minimum absolute atomic E-state index is 0.0286. The molecule has 2 N–H and O–H groups in total. The van der Waals surface area contributed by atoms with Crippen LogP contribution < -0.4 is 10.6 Å². The van der Waals surface area contributed by atoms with Gasteiger partial charge in [0.25, 0.3) is 5.91 Å². The predicted octanol–water partition coefficient (Wildman–Crippen LogP) is 1.40. The molecule has 0 aliphatic carbocycles. The summed E-state index contributed by atoms with van der Waals surface area (Å²) < 4.78 is 4.84. The van der Waals surface area contributed by atoms with Crippen LogP contribution in [0.4, 0.5) is 0 Å². The normalized spacial score (nSPS) is 17.6. The lowest BCUT2D eigenvalue weighted by Crippen LogP contribution is -2.43. The summed E-state index contributed by atoms with van der Waals surface area (Å²) in [7, 11) is 0. The molecule has 1 aliphatic heterocycles. The number of carbonyl (C=O) groups is 2. The van der Waals surface area contributed by atoms with E-state index in [9.17, 15) is 9.59 Å². The minimum Gasteiger partial charge on any atom is -0.472 e. The highest BCUT2D eigenvalue weighted by molar-refractivity contribution is 5.96. The van der Waals surface area contributed by atoms with Gasteiger partial charge in [0, 0.05) is 25.7 Å². The van der Waals surface area contributed by atoms with E-state index in [1.165, 1.54) is 18.1 Å². The zero-order chi connectivity index (χ0) is 16.8. The lowest BCUT2D eigenvalue weighted by atomic mass is 10.2. The molecule has 0 saturated carbocycles. The molecule has 6 nitrogen and oxygen atoms in total. The molecule has 1 aromatic carbocycles. The average molecular weight is 327 g/mol. The zero-order valence-corrected chi connectivity index (χ0v) is 13.4. The first-order valence-corrected chi connectivity index (χ1v) is 8.07. The zero-order valence-electron chi connectivity index (χ0n) is 13.4. The molecule has 6 heteroatoms. The summed E-state index contributed by atoms with van der Waals surface area (Å²) in [6, 6.07) is 12.0. The van der Waals surface area contributed by atoms with Gasteiger partial charge in [-0.15, -0.1) is 0 Å². The van der Waals surface area contributed by atoms with Gasteiger partial charge in [0.2, 0.25) is 5.91 Å². The van der Waals surface area contributed by atoms with E-state index >= 15 is 0 Å². The number of benzene rings is 1. The Morgan fingerprint density at radius 1 is 1.21 bits per heavy atom. The molecule has 1 fully saturated rings. The Morgan fingerprint density at radius 3 is 2.79 bits per heavy atom. The van der Waals surface area contributed by atoms with Crippen molar-refractivity contribution in [3.05, 3.63) is 60.1 Å². The molecule has 1 aromatic heterocycles. The fourth-order valence-corrected chi connectivity index (χ4v) is 2.87. The highest BCUT2D eigenvalue weighted by Gasteiger charge is 2.23. The van der Waals surface area contributed by atoms with Gasteiger partial charge < -0.3 is 15.1 Å². The van der Waals surface area contributed by atoms with Gasteiger partial charge in [-0.2, -0.15) is 0 Å². The topological polar surface area (TPSA) is 74.6 Å². The van der Waals surface area contributed by atoms with E-state index in [4.69, 9.17) is 4.42 Å². The quantitative estimate of drug-likeness (QED) is 0.841. The Hall–Kier alpha value is -2.60. The Labute approximate surface area is 140 Å². The van der Waals surface area contributed by atoms with Crippen molar-refractivity contribution in [3.63, 3.8) is 0 Å².